The lowest BCUT2D eigenvalue weighted by molar-refractivity contribution is -0.128. The van der Waals surface area contributed by atoms with Crippen LogP contribution in [-0.2, 0) is 14.6 Å². The van der Waals surface area contributed by atoms with Gasteiger partial charge in [-0.1, -0.05) is 18.2 Å². The minimum Gasteiger partial charge on any atom is -0.332 e. The summed E-state index contributed by atoms with van der Waals surface area (Å²) in [6.45, 7) is 1.89. The van der Waals surface area contributed by atoms with Crippen LogP contribution in [0.5, 0.6) is 0 Å². The van der Waals surface area contributed by atoms with Crippen molar-refractivity contribution < 1.29 is 13.2 Å². The molecule has 4 nitrogen and oxygen atoms in total. The van der Waals surface area contributed by atoms with Crippen LogP contribution in [0.25, 0.3) is 0 Å². The Morgan fingerprint density at radius 3 is 2.39 bits per heavy atom. The van der Waals surface area contributed by atoms with Gasteiger partial charge in [0.2, 0.25) is 5.91 Å². The van der Waals surface area contributed by atoms with Crippen molar-refractivity contribution in [2.75, 3.05) is 11.5 Å². The fourth-order valence-electron chi connectivity index (χ4n) is 2.34. The highest BCUT2D eigenvalue weighted by Gasteiger charge is 2.41. The molecule has 1 aliphatic heterocycles. The van der Waals surface area contributed by atoms with Crippen LogP contribution in [0.2, 0.25) is 0 Å². The number of rotatable bonds is 4. The minimum atomic E-state index is -2.94. The first-order chi connectivity index (χ1) is 8.53. The lowest BCUT2D eigenvalue weighted by Gasteiger charge is -2.27. The van der Waals surface area contributed by atoms with Gasteiger partial charge in [-0.3, -0.25) is 4.79 Å². The zero-order valence-electron chi connectivity index (χ0n) is 10.6. The van der Waals surface area contributed by atoms with Crippen molar-refractivity contribution in [2.24, 2.45) is 0 Å². The summed E-state index contributed by atoms with van der Waals surface area (Å²) in [7, 11) is -2.94. The van der Waals surface area contributed by atoms with E-state index in [0.717, 1.165) is 12.8 Å². The van der Waals surface area contributed by atoms with Gasteiger partial charge in [0.1, 0.15) is 0 Å². The number of carbonyl (C=O) groups excluding carboxylic acids is 1. The number of hydrogen-bond acceptors (Lipinski definition) is 3. The molecule has 18 heavy (non-hydrogen) atoms. The highest BCUT2D eigenvalue weighted by Crippen LogP contribution is 2.32. The minimum absolute atomic E-state index is 0.0577. The smallest absolute Gasteiger partial charge is 0.247 e. The predicted octanol–water partition coefficient (Wildman–Crippen LogP) is 1.30. The van der Waals surface area contributed by atoms with Crippen molar-refractivity contribution in [3.63, 3.8) is 0 Å². The van der Waals surface area contributed by atoms with E-state index in [9.17, 15) is 13.2 Å². The molecule has 0 aromatic rings. The second kappa shape index (κ2) is 5.26. The molecule has 1 unspecified atom stereocenters. The Kier molecular flexibility index (Phi) is 3.90. The van der Waals surface area contributed by atoms with Crippen LogP contribution in [0, 0.1) is 0 Å². The summed E-state index contributed by atoms with van der Waals surface area (Å²) in [4.78, 5) is 13.9. The molecule has 0 spiro atoms. The van der Waals surface area contributed by atoms with E-state index in [1.807, 2.05) is 13.0 Å². The third kappa shape index (κ3) is 3.22. The van der Waals surface area contributed by atoms with Crippen molar-refractivity contribution in [1.29, 1.82) is 0 Å². The molecule has 0 aromatic heterocycles. The Labute approximate surface area is 108 Å². The summed E-state index contributed by atoms with van der Waals surface area (Å²) in [6, 6.07) is 0.135. The number of hydrogen-bond donors (Lipinski definition) is 0. The van der Waals surface area contributed by atoms with Crippen molar-refractivity contribution >= 4 is 15.7 Å². The van der Waals surface area contributed by atoms with Gasteiger partial charge in [0, 0.05) is 18.2 Å². The van der Waals surface area contributed by atoms with Crippen LogP contribution in [0.1, 0.15) is 26.2 Å². The molecule has 2 aliphatic rings. The highest BCUT2D eigenvalue weighted by atomic mass is 32.2. The average Bonchev–Trinajstić information content (AvgIpc) is 3.05. The van der Waals surface area contributed by atoms with Gasteiger partial charge >= 0.3 is 0 Å². The molecule has 1 saturated heterocycles. The molecule has 1 amide bonds. The van der Waals surface area contributed by atoms with Gasteiger partial charge in [-0.25, -0.2) is 8.42 Å². The van der Waals surface area contributed by atoms with Crippen molar-refractivity contribution in [2.45, 2.75) is 38.3 Å². The summed E-state index contributed by atoms with van der Waals surface area (Å²) in [5.74, 6) is 0.289. The summed E-state index contributed by atoms with van der Waals surface area (Å²) < 4.78 is 23.0. The quantitative estimate of drug-likeness (QED) is 0.571. The molecular formula is C13H19NO3S. The monoisotopic (exact) mass is 269 g/mol. The number of carbonyl (C=O) groups is 1. The van der Waals surface area contributed by atoms with Gasteiger partial charge in [-0.05, 0) is 26.2 Å². The zero-order chi connectivity index (χ0) is 13.2. The average molecular weight is 269 g/mol. The maximum absolute atomic E-state index is 12.1. The Morgan fingerprint density at radius 2 is 1.89 bits per heavy atom. The van der Waals surface area contributed by atoms with Gasteiger partial charge in [0.25, 0.3) is 0 Å². The number of nitrogens with zero attached hydrogens (tertiary/aromatic N) is 1. The third-order valence-electron chi connectivity index (χ3n) is 3.34. The van der Waals surface area contributed by atoms with E-state index in [0.29, 0.717) is 6.42 Å². The van der Waals surface area contributed by atoms with E-state index in [-0.39, 0.29) is 29.5 Å². The molecule has 1 heterocycles. The molecule has 2 fully saturated rings. The molecular weight excluding hydrogens is 250 g/mol. The topological polar surface area (TPSA) is 54.5 Å². The molecule has 1 saturated carbocycles. The maximum atomic E-state index is 12.1. The van der Waals surface area contributed by atoms with Crippen LogP contribution in [0.15, 0.2) is 24.3 Å². The Bertz CT molecular complexity index is 474. The number of sulfone groups is 1. The second-order valence-electron chi connectivity index (χ2n) is 4.92. The normalized spacial score (nSPS) is 27.1. The highest BCUT2D eigenvalue weighted by molar-refractivity contribution is 7.91. The van der Waals surface area contributed by atoms with E-state index in [1.54, 1.807) is 17.1 Å². The zero-order valence-corrected chi connectivity index (χ0v) is 11.4. The lowest BCUT2D eigenvalue weighted by Crippen LogP contribution is -2.41. The largest absolute Gasteiger partial charge is 0.332 e. The van der Waals surface area contributed by atoms with Crippen LogP contribution < -0.4 is 0 Å². The fraction of sp³-hybridized carbons (Fsp3) is 0.615. The molecule has 0 radical (unpaired) electrons. The molecule has 1 atom stereocenters. The molecule has 0 N–H and O–H groups in total. The Balaban J connectivity index is 2.07. The molecule has 0 aromatic carbocycles. The van der Waals surface area contributed by atoms with E-state index >= 15 is 0 Å². The molecule has 2 rings (SSSR count). The van der Waals surface area contributed by atoms with E-state index in [2.05, 4.69) is 0 Å². The van der Waals surface area contributed by atoms with Gasteiger partial charge in [-0.15, -0.1) is 0 Å². The van der Waals surface area contributed by atoms with Crippen molar-refractivity contribution in [1.82, 2.24) is 4.90 Å². The van der Waals surface area contributed by atoms with E-state index in [1.165, 1.54) is 6.08 Å². The second-order valence-corrected chi connectivity index (χ2v) is 7.15. The molecule has 5 heteroatoms. The van der Waals surface area contributed by atoms with E-state index < -0.39 is 9.84 Å². The maximum Gasteiger partial charge on any atom is 0.247 e. The lowest BCUT2D eigenvalue weighted by atomic mass is 10.2. The van der Waals surface area contributed by atoms with Crippen LogP contribution in [-0.4, -0.2) is 42.8 Å². The van der Waals surface area contributed by atoms with Gasteiger partial charge in [0.05, 0.1) is 11.5 Å². The van der Waals surface area contributed by atoms with Gasteiger partial charge < -0.3 is 4.90 Å². The predicted molar refractivity (Wildman–Crippen MR) is 70.9 cm³/mol. The summed E-state index contributed by atoms with van der Waals surface area (Å²) in [5, 5.41) is 0. The fourth-order valence-corrected chi connectivity index (χ4v) is 4.05. The molecule has 100 valence electrons. The summed E-state index contributed by atoms with van der Waals surface area (Å²) in [6.07, 6.45) is 9.48. The molecule has 0 bridgehead atoms. The first-order valence-electron chi connectivity index (χ1n) is 6.35. The Hall–Kier alpha value is -1.10. The summed E-state index contributed by atoms with van der Waals surface area (Å²) >= 11 is 0. The third-order valence-corrected chi connectivity index (χ3v) is 5.09. The van der Waals surface area contributed by atoms with Gasteiger partial charge in [-0.2, -0.15) is 0 Å². The van der Waals surface area contributed by atoms with E-state index in [4.69, 9.17) is 0 Å². The SMILES string of the molecule is CC=CC=CC(=O)N(C1CC1)C1CCS(=O)(=O)C1. The van der Waals surface area contributed by atoms with Crippen molar-refractivity contribution in [3.05, 3.63) is 24.3 Å². The summed E-state index contributed by atoms with van der Waals surface area (Å²) in [5.41, 5.74) is 0. The number of allylic oxidation sites excluding steroid dienone is 3. The standard InChI is InChI=1S/C13H19NO3S/c1-2-3-4-5-13(15)14(11-6-7-11)12-8-9-18(16,17)10-12/h2-5,11-12H,6-10H2,1H3. The van der Waals surface area contributed by atoms with Gasteiger partial charge in [0.15, 0.2) is 9.84 Å². The number of amides is 1. The molecule has 1 aliphatic carbocycles. The van der Waals surface area contributed by atoms with Crippen LogP contribution in [0.4, 0.5) is 0 Å². The first-order valence-corrected chi connectivity index (χ1v) is 8.18. The van der Waals surface area contributed by atoms with Crippen LogP contribution >= 0.6 is 0 Å². The van der Waals surface area contributed by atoms with Crippen molar-refractivity contribution in [3.8, 4) is 0 Å². The Morgan fingerprint density at radius 1 is 1.17 bits per heavy atom. The van der Waals surface area contributed by atoms with Crippen LogP contribution in [0.3, 0.4) is 0 Å². The first kappa shape index (κ1) is 13.3.